The highest BCUT2D eigenvalue weighted by Crippen LogP contribution is 2.33. The molecule has 0 aliphatic heterocycles. The van der Waals surface area contributed by atoms with Gasteiger partial charge in [0.05, 0.1) is 21.6 Å². The van der Waals surface area contributed by atoms with E-state index in [2.05, 4.69) is 0 Å². The minimum Gasteiger partial charge on any atom is -0.478 e. The van der Waals surface area contributed by atoms with Crippen LogP contribution in [0.4, 0.5) is 5.69 Å². The molecule has 21 heavy (non-hydrogen) atoms. The average molecular weight is 286 g/mol. The summed E-state index contributed by atoms with van der Waals surface area (Å²) in [6, 6.07) is 9.80. The molecule has 0 unspecified atom stereocenters. The Morgan fingerprint density at radius 3 is 2.24 bits per heavy atom. The number of hydrogen-bond acceptors (Lipinski definition) is 4. The van der Waals surface area contributed by atoms with Gasteiger partial charge in [0.2, 0.25) is 5.91 Å². The number of carboxylic acid groups (broad SMARTS) is 1. The lowest BCUT2D eigenvalue weighted by Gasteiger charge is -2.10. The van der Waals surface area contributed by atoms with E-state index in [-0.39, 0.29) is 27.9 Å². The van der Waals surface area contributed by atoms with Crippen molar-refractivity contribution in [2.24, 2.45) is 5.73 Å². The topological polar surface area (TPSA) is 124 Å². The summed E-state index contributed by atoms with van der Waals surface area (Å²) < 4.78 is 0. The number of benzene rings is 2. The highest BCUT2D eigenvalue weighted by Gasteiger charge is 2.23. The van der Waals surface area contributed by atoms with E-state index < -0.39 is 16.8 Å². The number of aromatic carboxylic acids is 1. The molecule has 0 radical (unpaired) electrons. The van der Waals surface area contributed by atoms with Crippen molar-refractivity contribution in [1.29, 1.82) is 0 Å². The Morgan fingerprint density at radius 2 is 1.67 bits per heavy atom. The van der Waals surface area contributed by atoms with E-state index in [4.69, 9.17) is 10.8 Å². The molecule has 2 rings (SSSR count). The Morgan fingerprint density at radius 1 is 1.05 bits per heavy atom. The van der Waals surface area contributed by atoms with Crippen molar-refractivity contribution in [2.75, 3.05) is 0 Å². The number of para-hydroxylation sites is 1. The zero-order valence-corrected chi connectivity index (χ0v) is 10.6. The third-order valence-corrected chi connectivity index (χ3v) is 2.93. The normalized spacial score (nSPS) is 10.1. The highest BCUT2D eigenvalue weighted by molar-refractivity contribution is 6.09. The first-order valence-corrected chi connectivity index (χ1v) is 5.83. The Balaban J connectivity index is 2.82. The predicted molar refractivity (Wildman–Crippen MR) is 74.0 cm³/mol. The number of carbonyl (C=O) groups is 2. The number of nitro benzene ring substituents is 1. The van der Waals surface area contributed by atoms with Crippen LogP contribution in [0.5, 0.6) is 0 Å². The zero-order valence-electron chi connectivity index (χ0n) is 10.6. The molecular weight excluding hydrogens is 276 g/mol. The van der Waals surface area contributed by atoms with Gasteiger partial charge >= 0.3 is 5.97 Å². The SMILES string of the molecule is NC(=O)c1c(C(=O)O)cccc1-c1ccccc1[N+](=O)[O-]. The lowest BCUT2D eigenvalue weighted by molar-refractivity contribution is -0.384. The Kier molecular flexibility index (Phi) is 3.66. The first kappa shape index (κ1) is 14.2. The van der Waals surface area contributed by atoms with Crippen molar-refractivity contribution in [2.45, 2.75) is 0 Å². The van der Waals surface area contributed by atoms with Crippen LogP contribution < -0.4 is 5.73 Å². The molecule has 2 aromatic carbocycles. The van der Waals surface area contributed by atoms with E-state index in [9.17, 15) is 19.7 Å². The summed E-state index contributed by atoms with van der Waals surface area (Å²) in [5.41, 5.74) is 4.73. The molecule has 0 spiro atoms. The number of primary amides is 1. The van der Waals surface area contributed by atoms with Crippen LogP contribution in [0, 0.1) is 10.1 Å². The van der Waals surface area contributed by atoms with Gasteiger partial charge in [0.1, 0.15) is 0 Å². The third kappa shape index (κ3) is 2.57. The molecule has 0 saturated carbocycles. The molecule has 0 saturated heterocycles. The fourth-order valence-corrected chi connectivity index (χ4v) is 2.08. The average Bonchev–Trinajstić information content (AvgIpc) is 2.46. The minimum atomic E-state index is -1.33. The number of carboxylic acids is 1. The van der Waals surface area contributed by atoms with Gasteiger partial charge in [0.15, 0.2) is 0 Å². The zero-order chi connectivity index (χ0) is 15.6. The highest BCUT2D eigenvalue weighted by atomic mass is 16.6. The quantitative estimate of drug-likeness (QED) is 0.657. The molecular formula is C14H10N2O5. The van der Waals surface area contributed by atoms with Crippen LogP contribution in [0.25, 0.3) is 11.1 Å². The van der Waals surface area contributed by atoms with Crippen molar-refractivity contribution in [3.8, 4) is 11.1 Å². The van der Waals surface area contributed by atoms with Gasteiger partial charge in [-0.1, -0.05) is 24.3 Å². The van der Waals surface area contributed by atoms with E-state index in [0.717, 1.165) is 0 Å². The Labute approximate surface area is 118 Å². The summed E-state index contributed by atoms with van der Waals surface area (Å²) >= 11 is 0. The number of rotatable bonds is 4. The molecule has 0 atom stereocenters. The fraction of sp³-hybridized carbons (Fsp3) is 0. The second-order valence-electron chi connectivity index (χ2n) is 4.17. The maximum Gasteiger partial charge on any atom is 0.336 e. The summed E-state index contributed by atoms with van der Waals surface area (Å²) in [5, 5.41) is 20.2. The molecule has 7 nitrogen and oxygen atoms in total. The second kappa shape index (κ2) is 5.41. The van der Waals surface area contributed by atoms with Gasteiger partial charge in [0.25, 0.3) is 5.69 Å². The lowest BCUT2D eigenvalue weighted by atomic mass is 9.94. The Bertz CT molecular complexity index is 755. The van der Waals surface area contributed by atoms with Crippen LogP contribution in [0.2, 0.25) is 0 Å². The number of nitro groups is 1. The molecule has 2 aromatic rings. The molecule has 0 heterocycles. The summed E-state index contributed by atoms with van der Waals surface area (Å²) in [5.74, 6) is -2.29. The molecule has 0 fully saturated rings. The summed E-state index contributed by atoms with van der Waals surface area (Å²) in [7, 11) is 0. The van der Waals surface area contributed by atoms with Crippen LogP contribution in [0.3, 0.4) is 0 Å². The molecule has 0 aliphatic rings. The standard InChI is InChI=1S/C14H10N2O5/c15-13(17)12-9(5-3-6-10(12)14(18)19)8-4-1-2-7-11(8)16(20)21/h1-7H,(H2,15,17)(H,18,19). The van der Waals surface area contributed by atoms with Crippen LogP contribution >= 0.6 is 0 Å². The van der Waals surface area contributed by atoms with Gasteiger partial charge in [-0.3, -0.25) is 14.9 Å². The number of nitrogens with zero attached hydrogens (tertiary/aromatic N) is 1. The van der Waals surface area contributed by atoms with Crippen LogP contribution in [0.1, 0.15) is 20.7 Å². The van der Waals surface area contributed by atoms with E-state index in [0.29, 0.717) is 0 Å². The van der Waals surface area contributed by atoms with Crippen LogP contribution in [-0.4, -0.2) is 21.9 Å². The maximum atomic E-state index is 11.6. The van der Waals surface area contributed by atoms with E-state index in [1.807, 2.05) is 0 Å². The van der Waals surface area contributed by atoms with Crippen molar-refractivity contribution in [1.82, 2.24) is 0 Å². The maximum absolute atomic E-state index is 11.6. The largest absolute Gasteiger partial charge is 0.478 e. The summed E-state index contributed by atoms with van der Waals surface area (Å²) in [6.07, 6.45) is 0. The van der Waals surface area contributed by atoms with Gasteiger partial charge in [-0.05, 0) is 12.1 Å². The number of carbonyl (C=O) groups excluding carboxylic acids is 1. The van der Waals surface area contributed by atoms with Crippen molar-refractivity contribution in [3.05, 3.63) is 63.7 Å². The summed E-state index contributed by atoms with van der Waals surface area (Å²) in [6.45, 7) is 0. The first-order chi connectivity index (χ1) is 9.93. The van der Waals surface area contributed by atoms with Crippen molar-refractivity contribution in [3.63, 3.8) is 0 Å². The smallest absolute Gasteiger partial charge is 0.336 e. The molecule has 0 bridgehead atoms. The molecule has 1 amide bonds. The third-order valence-electron chi connectivity index (χ3n) is 2.93. The van der Waals surface area contributed by atoms with Crippen molar-refractivity contribution < 1.29 is 19.6 Å². The second-order valence-corrected chi connectivity index (χ2v) is 4.17. The van der Waals surface area contributed by atoms with Gasteiger partial charge < -0.3 is 10.8 Å². The Hall–Kier alpha value is -3.22. The van der Waals surface area contributed by atoms with Crippen molar-refractivity contribution >= 4 is 17.6 Å². The van der Waals surface area contributed by atoms with E-state index in [1.54, 1.807) is 6.07 Å². The summed E-state index contributed by atoms with van der Waals surface area (Å²) in [4.78, 5) is 33.2. The number of hydrogen-bond donors (Lipinski definition) is 2. The fourth-order valence-electron chi connectivity index (χ4n) is 2.08. The van der Waals surface area contributed by atoms with Gasteiger partial charge in [-0.15, -0.1) is 0 Å². The van der Waals surface area contributed by atoms with Gasteiger partial charge in [-0.25, -0.2) is 4.79 Å². The van der Waals surface area contributed by atoms with Gasteiger partial charge in [0, 0.05) is 11.6 Å². The van der Waals surface area contributed by atoms with Gasteiger partial charge in [-0.2, -0.15) is 0 Å². The number of amides is 1. The van der Waals surface area contributed by atoms with Crippen LogP contribution in [-0.2, 0) is 0 Å². The van der Waals surface area contributed by atoms with E-state index >= 15 is 0 Å². The lowest BCUT2D eigenvalue weighted by Crippen LogP contribution is -2.17. The molecule has 0 aliphatic carbocycles. The molecule has 0 aromatic heterocycles. The first-order valence-electron chi connectivity index (χ1n) is 5.83. The predicted octanol–water partition coefficient (Wildman–Crippen LogP) is 2.06. The van der Waals surface area contributed by atoms with Crippen LogP contribution in [0.15, 0.2) is 42.5 Å². The number of nitrogens with two attached hydrogens (primary N) is 1. The molecule has 7 heteroatoms. The van der Waals surface area contributed by atoms with E-state index in [1.165, 1.54) is 36.4 Å². The monoisotopic (exact) mass is 286 g/mol. The minimum absolute atomic E-state index is 0.120. The molecule has 106 valence electrons. The molecule has 3 N–H and O–H groups in total.